The first-order valence-corrected chi connectivity index (χ1v) is 10.5. The summed E-state index contributed by atoms with van der Waals surface area (Å²) in [4.78, 5) is 0.292. The van der Waals surface area contributed by atoms with Crippen LogP contribution in [0.3, 0.4) is 0 Å². The van der Waals surface area contributed by atoms with Gasteiger partial charge in [0.2, 0.25) is 10.0 Å². The van der Waals surface area contributed by atoms with Crippen LogP contribution in [0.1, 0.15) is 49.3 Å². The third kappa shape index (κ3) is 3.64. The first-order valence-electron chi connectivity index (χ1n) is 9.01. The van der Waals surface area contributed by atoms with E-state index in [0.717, 1.165) is 24.3 Å². The number of benzene rings is 1. The van der Waals surface area contributed by atoms with Crippen LogP contribution in [0.5, 0.6) is 5.75 Å². The number of hydrogen-bond donors (Lipinski definition) is 1. The zero-order valence-electron chi connectivity index (χ0n) is 16.0. The van der Waals surface area contributed by atoms with Gasteiger partial charge >= 0.3 is 0 Å². The summed E-state index contributed by atoms with van der Waals surface area (Å²) < 4.78 is 35.9. The fraction of sp³-hybridized carbons (Fsp3) is 0.526. The van der Waals surface area contributed by atoms with Crippen LogP contribution in [0.15, 0.2) is 23.1 Å². The highest BCUT2D eigenvalue weighted by Crippen LogP contribution is 2.27. The van der Waals surface area contributed by atoms with Gasteiger partial charge in [-0.1, -0.05) is 12.1 Å². The Morgan fingerprint density at radius 2 is 2.00 bits per heavy atom. The molecule has 0 saturated carbocycles. The molecule has 0 bridgehead atoms. The number of ether oxygens (including phenoxy) is 1. The Labute approximate surface area is 155 Å². The Morgan fingerprint density at radius 3 is 2.65 bits per heavy atom. The van der Waals surface area contributed by atoms with E-state index >= 15 is 0 Å². The number of nitrogens with zero attached hydrogens (tertiary/aromatic N) is 2. The molecule has 3 rings (SSSR count). The van der Waals surface area contributed by atoms with Crippen molar-refractivity contribution in [2.45, 2.75) is 64.4 Å². The van der Waals surface area contributed by atoms with E-state index in [1.165, 1.54) is 5.56 Å². The molecule has 0 saturated heterocycles. The summed E-state index contributed by atoms with van der Waals surface area (Å²) in [6, 6.07) is 5.98. The van der Waals surface area contributed by atoms with Gasteiger partial charge in [0.25, 0.3) is 0 Å². The molecule has 2 aromatic rings. The minimum Gasteiger partial charge on any atom is -0.493 e. The largest absolute Gasteiger partial charge is 0.493 e. The van der Waals surface area contributed by atoms with Gasteiger partial charge in [-0.3, -0.25) is 4.68 Å². The fourth-order valence-electron chi connectivity index (χ4n) is 3.63. The van der Waals surface area contributed by atoms with Gasteiger partial charge in [-0.2, -0.15) is 5.10 Å². The lowest BCUT2D eigenvalue weighted by atomic mass is 10.0. The standard InChI is InChI=1S/C19H27N3O3S/c1-12(2)22-15(5)19(14(4)20-22)26(23,24)21-13(3)10-16-6-7-18-17(11-16)8-9-25-18/h6-7,11-13,21H,8-10H2,1-5H3. The summed E-state index contributed by atoms with van der Waals surface area (Å²) in [5.41, 5.74) is 3.51. The third-order valence-corrected chi connectivity index (χ3v) is 6.51. The minimum absolute atomic E-state index is 0.115. The Bertz CT molecular complexity index is 916. The first kappa shape index (κ1) is 18.9. The van der Waals surface area contributed by atoms with E-state index in [1.54, 1.807) is 18.5 Å². The maximum atomic E-state index is 12.9. The number of fused-ring (bicyclic) bond motifs is 1. The van der Waals surface area contributed by atoms with Crippen molar-refractivity contribution in [2.75, 3.05) is 6.61 Å². The molecule has 142 valence electrons. The lowest BCUT2D eigenvalue weighted by molar-refractivity contribution is 0.357. The highest BCUT2D eigenvalue weighted by Gasteiger charge is 2.27. The second kappa shape index (κ2) is 7.04. The Hall–Kier alpha value is -1.86. The van der Waals surface area contributed by atoms with Gasteiger partial charge < -0.3 is 4.74 Å². The average molecular weight is 378 g/mol. The van der Waals surface area contributed by atoms with Gasteiger partial charge in [0, 0.05) is 18.5 Å². The number of sulfonamides is 1. The Balaban J connectivity index is 1.77. The van der Waals surface area contributed by atoms with Crippen molar-refractivity contribution in [3.05, 3.63) is 40.7 Å². The molecule has 26 heavy (non-hydrogen) atoms. The first-order chi connectivity index (χ1) is 12.2. The van der Waals surface area contributed by atoms with E-state index in [0.29, 0.717) is 22.7 Å². The SMILES string of the molecule is Cc1nn(C(C)C)c(C)c1S(=O)(=O)NC(C)Cc1ccc2c(c1)CCO2. The highest BCUT2D eigenvalue weighted by atomic mass is 32.2. The van der Waals surface area contributed by atoms with Crippen LogP contribution in [0, 0.1) is 13.8 Å². The van der Waals surface area contributed by atoms with Crippen LogP contribution in [-0.2, 0) is 22.9 Å². The molecule has 1 aliphatic heterocycles. The summed E-state index contributed by atoms with van der Waals surface area (Å²) in [6.45, 7) is 10.1. The molecule has 7 heteroatoms. The van der Waals surface area contributed by atoms with E-state index < -0.39 is 10.0 Å². The number of rotatable bonds is 6. The van der Waals surface area contributed by atoms with E-state index in [4.69, 9.17) is 4.74 Å². The van der Waals surface area contributed by atoms with E-state index in [1.807, 2.05) is 32.9 Å². The van der Waals surface area contributed by atoms with Gasteiger partial charge in [-0.15, -0.1) is 0 Å². The van der Waals surface area contributed by atoms with Crippen LogP contribution >= 0.6 is 0 Å². The minimum atomic E-state index is -3.62. The Kier molecular flexibility index (Phi) is 5.12. The summed E-state index contributed by atoms with van der Waals surface area (Å²) in [6.07, 6.45) is 1.54. The van der Waals surface area contributed by atoms with Gasteiger partial charge in [0.15, 0.2) is 0 Å². The average Bonchev–Trinajstić information content (AvgIpc) is 3.10. The van der Waals surface area contributed by atoms with Crippen LogP contribution in [0.2, 0.25) is 0 Å². The van der Waals surface area contributed by atoms with Crippen LogP contribution in [0.25, 0.3) is 0 Å². The zero-order chi connectivity index (χ0) is 19.1. The topological polar surface area (TPSA) is 73.2 Å². The smallest absolute Gasteiger partial charge is 0.244 e. The van der Waals surface area contributed by atoms with E-state index in [9.17, 15) is 8.42 Å². The second-order valence-electron chi connectivity index (χ2n) is 7.31. The predicted molar refractivity (Wildman–Crippen MR) is 101 cm³/mol. The molecule has 0 radical (unpaired) electrons. The van der Waals surface area contributed by atoms with E-state index in [2.05, 4.69) is 15.9 Å². The number of hydrogen-bond acceptors (Lipinski definition) is 4. The van der Waals surface area contributed by atoms with Crippen molar-refractivity contribution in [1.29, 1.82) is 0 Å². The lowest BCUT2D eigenvalue weighted by Gasteiger charge is -2.15. The van der Waals surface area contributed by atoms with Crippen molar-refractivity contribution >= 4 is 10.0 Å². The molecule has 1 aliphatic rings. The third-order valence-electron chi connectivity index (χ3n) is 4.67. The molecule has 1 N–H and O–H groups in total. The monoisotopic (exact) mass is 377 g/mol. The van der Waals surface area contributed by atoms with Crippen LogP contribution in [0.4, 0.5) is 0 Å². The molecule has 0 amide bonds. The summed E-state index contributed by atoms with van der Waals surface area (Å²) >= 11 is 0. The molecule has 1 aromatic carbocycles. The Morgan fingerprint density at radius 1 is 1.27 bits per heavy atom. The molecular formula is C19H27N3O3S. The normalized spacial score (nSPS) is 15.2. The quantitative estimate of drug-likeness (QED) is 0.840. The molecule has 1 atom stereocenters. The van der Waals surface area contributed by atoms with Crippen LogP contribution < -0.4 is 9.46 Å². The van der Waals surface area contributed by atoms with Crippen molar-refractivity contribution in [1.82, 2.24) is 14.5 Å². The molecular weight excluding hydrogens is 350 g/mol. The van der Waals surface area contributed by atoms with Gasteiger partial charge in [0.05, 0.1) is 18.0 Å². The fourth-order valence-corrected chi connectivity index (χ4v) is 5.27. The molecule has 0 spiro atoms. The summed E-state index contributed by atoms with van der Waals surface area (Å²) in [7, 11) is -3.62. The molecule has 1 unspecified atom stereocenters. The van der Waals surface area contributed by atoms with Crippen molar-refractivity contribution in [2.24, 2.45) is 0 Å². The van der Waals surface area contributed by atoms with Crippen molar-refractivity contribution in [3.8, 4) is 5.75 Å². The van der Waals surface area contributed by atoms with Gasteiger partial charge in [-0.25, -0.2) is 13.1 Å². The molecule has 1 aromatic heterocycles. The molecule has 2 heterocycles. The lowest BCUT2D eigenvalue weighted by Crippen LogP contribution is -2.34. The molecule has 6 nitrogen and oxygen atoms in total. The van der Waals surface area contributed by atoms with E-state index in [-0.39, 0.29) is 12.1 Å². The van der Waals surface area contributed by atoms with Gasteiger partial charge in [0.1, 0.15) is 10.6 Å². The molecule has 0 fully saturated rings. The zero-order valence-corrected chi connectivity index (χ0v) is 16.9. The highest BCUT2D eigenvalue weighted by molar-refractivity contribution is 7.89. The second-order valence-corrected chi connectivity index (χ2v) is 8.96. The number of nitrogens with one attached hydrogen (secondary N) is 1. The predicted octanol–water partition coefficient (Wildman–Crippen LogP) is 2.93. The maximum Gasteiger partial charge on any atom is 0.244 e. The van der Waals surface area contributed by atoms with Gasteiger partial charge in [-0.05, 0) is 58.2 Å². The van der Waals surface area contributed by atoms with Crippen molar-refractivity contribution in [3.63, 3.8) is 0 Å². The van der Waals surface area contributed by atoms with Crippen molar-refractivity contribution < 1.29 is 13.2 Å². The summed E-state index contributed by atoms with van der Waals surface area (Å²) in [5, 5.41) is 4.39. The van der Waals surface area contributed by atoms with Crippen LogP contribution in [-0.4, -0.2) is 30.8 Å². The maximum absolute atomic E-state index is 12.9. The number of aromatic nitrogens is 2. The summed E-state index contributed by atoms with van der Waals surface area (Å²) in [5.74, 6) is 0.939. The molecule has 0 aliphatic carbocycles. The number of aryl methyl sites for hydroxylation is 1.